The van der Waals surface area contributed by atoms with E-state index in [2.05, 4.69) is 5.10 Å². The third-order valence-electron chi connectivity index (χ3n) is 5.02. The van der Waals surface area contributed by atoms with Crippen LogP contribution in [0.3, 0.4) is 0 Å². The maximum atomic E-state index is 13.4. The molecular weight excluding hydrogens is 375 g/mol. The minimum absolute atomic E-state index is 0.0173. The highest BCUT2D eigenvalue weighted by Gasteiger charge is 2.24. The molecule has 7 nitrogen and oxygen atoms in total. The van der Waals surface area contributed by atoms with E-state index in [0.717, 1.165) is 19.3 Å². The molecule has 1 fully saturated rings. The number of carbonyl (C=O) groups excluding carboxylic acids is 1. The van der Waals surface area contributed by atoms with Gasteiger partial charge in [0.25, 0.3) is 11.6 Å². The molecule has 2 heterocycles. The SMILES string of the molecule is O=C(c1cc(-c2ccc([N+](=O)[O-])cc2)nn1-c1ccc(F)cc1)N1CCCCC1. The molecule has 29 heavy (non-hydrogen) atoms. The van der Waals surface area contributed by atoms with Crippen molar-refractivity contribution >= 4 is 11.6 Å². The zero-order chi connectivity index (χ0) is 20.4. The van der Waals surface area contributed by atoms with Crippen molar-refractivity contribution in [3.63, 3.8) is 0 Å². The molecule has 8 heteroatoms. The normalized spacial score (nSPS) is 14.0. The van der Waals surface area contributed by atoms with E-state index < -0.39 is 4.92 Å². The van der Waals surface area contributed by atoms with Crippen LogP contribution in [-0.4, -0.2) is 38.6 Å². The fourth-order valence-corrected chi connectivity index (χ4v) is 3.47. The average molecular weight is 394 g/mol. The number of amides is 1. The molecular formula is C21H19FN4O3. The molecule has 4 rings (SSSR count). The first kappa shape index (κ1) is 18.8. The summed E-state index contributed by atoms with van der Waals surface area (Å²) in [5.74, 6) is -0.505. The van der Waals surface area contributed by atoms with Gasteiger partial charge in [0.2, 0.25) is 0 Å². The summed E-state index contributed by atoms with van der Waals surface area (Å²) >= 11 is 0. The van der Waals surface area contributed by atoms with Crippen LogP contribution in [0, 0.1) is 15.9 Å². The number of rotatable bonds is 4. The third-order valence-corrected chi connectivity index (χ3v) is 5.02. The molecule has 0 radical (unpaired) electrons. The highest BCUT2D eigenvalue weighted by Crippen LogP contribution is 2.25. The van der Waals surface area contributed by atoms with Gasteiger partial charge in [-0.2, -0.15) is 5.10 Å². The van der Waals surface area contributed by atoms with Crippen LogP contribution < -0.4 is 0 Å². The zero-order valence-corrected chi connectivity index (χ0v) is 15.6. The molecule has 0 aliphatic carbocycles. The highest BCUT2D eigenvalue weighted by atomic mass is 19.1. The lowest BCUT2D eigenvalue weighted by Crippen LogP contribution is -2.36. The van der Waals surface area contributed by atoms with E-state index in [9.17, 15) is 19.3 Å². The Morgan fingerprint density at radius 1 is 1.00 bits per heavy atom. The summed E-state index contributed by atoms with van der Waals surface area (Å²) in [6.45, 7) is 1.39. The Hall–Kier alpha value is -3.55. The first-order chi connectivity index (χ1) is 14.0. The van der Waals surface area contributed by atoms with Gasteiger partial charge in [-0.05, 0) is 61.7 Å². The number of piperidine rings is 1. The minimum Gasteiger partial charge on any atom is -0.337 e. The largest absolute Gasteiger partial charge is 0.337 e. The number of hydrogen-bond donors (Lipinski definition) is 0. The van der Waals surface area contributed by atoms with Crippen LogP contribution in [0.15, 0.2) is 54.6 Å². The van der Waals surface area contributed by atoms with Crippen molar-refractivity contribution < 1.29 is 14.1 Å². The zero-order valence-electron chi connectivity index (χ0n) is 15.6. The van der Waals surface area contributed by atoms with Gasteiger partial charge in [-0.1, -0.05) is 0 Å². The number of nitro groups is 1. The van der Waals surface area contributed by atoms with Gasteiger partial charge in [0.05, 0.1) is 16.3 Å². The third kappa shape index (κ3) is 3.87. The van der Waals surface area contributed by atoms with Crippen molar-refractivity contribution in [2.24, 2.45) is 0 Å². The van der Waals surface area contributed by atoms with Crippen molar-refractivity contribution in [2.45, 2.75) is 19.3 Å². The number of non-ortho nitro benzene ring substituents is 1. The minimum atomic E-state index is -0.466. The Bertz CT molecular complexity index is 1040. The molecule has 0 N–H and O–H groups in total. The summed E-state index contributed by atoms with van der Waals surface area (Å²) < 4.78 is 14.9. The Labute approximate surface area is 166 Å². The van der Waals surface area contributed by atoms with Gasteiger partial charge < -0.3 is 4.90 Å². The molecule has 1 amide bonds. The number of hydrogen-bond acceptors (Lipinski definition) is 4. The molecule has 0 spiro atoms. The van der Waals surface area contributed by atoms with Gasteiger partial charge in [0, 0.05) is 30.8 Å². The molecule has 0 atom stereocenters. The molecule has 0 unspecified atom stereocenters. The van der Waals surface area contributed by atoms with Crippen molar-refractivity contribution in [1.82, 2.24) is 14.7 Å². The van der Waals surface area contributed by atoms with E-state index in [1.807, 2.05) is 0 Å². The molecule has 2 aromatic carbocycles. The topological polar surface area (TPSA) is 81.3 Å². The van der Waals surface area contributed by atoms with Crippen LogP contribution in [0.1, 0.15) is 29.8 Å². The van der Waals surface area contributed by atoms with Crippen LogP contribution in [0.5, 0.6) is 0 Å². The van der Waals surface area contributed by atoms with Crippen LogP contribution >= 0.6 is 0 Å². The maximum Gasteiger partial charge on any atom is 0.272 e. The first-order valence-corrected chi connectivity index (χ1v) is 9.43. The number of carbonyl (C=O) groups is 1. The summed E-state index contributed by atoms with van der Waals surface area (Å²) in [4.78, 5) is 25.4. The van der Waals surface area contributed by atoms with Crippen molar-refractivity contribution in [3.05, 3.63) is 76.2 Å². The quantitative estimate of drug-likeness (QED) is 0.490. The van der Waals surface area contributed by atoms with Gasteiger partial charge in [-0.15, -0.1) is 0 Å². The van der Waals surface area contributed by atoms with Gasteiger partial charge in [-0.3, -0.25) is 14.9 Å². The maximum absolute atomic E-state index is 13.4. The van der Waals surface area contributed by atoms with E-state index in [0.29, 0.717) is 35.7 Å². The number of halogens is 1. The average Bonchev–Trinajstić information content (AvgIpc) is 3.20. The van der Waals surface area contributed by atoms with Crippen LogP contribution in [0.25, 0.3) is 16.9 Å². The number of nitrogens with zero attached hydrogens (tertiary/aromatic N) is 4. The van der Waals surface area contributed by atoms with E-state index in [1.165, 1.54) is 28.9 Å². The second-order valence-electron chi connectivity index (χ2n) is 6.96. The Morgan fingerprint density at radius 3 is 2.28 bits per heavy atom. The molecule has 1 aliphatic heterocycles. The molecule has 1 aliphatic rings. The number of aromatic nitrogens is 2. The van der Waals surface area contributed by atoms with E-state index >= 15 is 0 Å². The van der Waals surface area contributed by atoms with Gasteiger partial charge in [0.1, 0.15) is 11.5 Å². The Balaban J connectivity index is 1.76. The number of likely N-dealkylation sites (tertiary alicyclic amines) is 1. The Morgan fingerprint density at radius 2 is 1.66 bits per heavy atom. The van der Waals surface area contributed by atoms with Crippen LogP contribution in [0.2, 0.25) is 0 Å². The molecule has 0 bridgehead atoms. The predicted molar refractivity (Wildman–Crippen MR) is 105 cm³/mol. The lowest BCUT2D eigenvalue weighted by atomic mass is 10.1. The summed E-state index contributed by atoms with van der Waals surface area (Å²) in [6.07, 6.45) is 3.03. The van der Waals surface area contributed by atoms with E-state index in [4.69, 9.17) is 0 Å². The second-order valence-corrected chi connectivity index (χ2v) is 6.96. The van der Waals surface area contributed by atoms with Crippen molar-refractivity contribution in [2.75, 3.05) is 13.1 Å². The molecule has 1 saturated heterocycles. The van der Waals surface area contributed by atoms with Crippen molar-refractivity contribution in [1.29, 1.82) is 0 Å². The Kier molecular flexibility index (Phi) is 5.07. The predicted octanol–water partition coefficient (Wildman–Crippen LogP) is 4.21. The van der Waals surface area contributed by atoms with Gasteiger partial charge in [0.15, 0.2) is 0 Å². The number of benzene rings is 2. The fourth-order valence-electron chi connectivity index (χ4n) is 3.47. The monoisotopic (exact) mass is 394 g/mol. The van der Waals surface area contributed by atoms with E-state index in [1.54, 1.807) is 35.2 Å². The summed E-state index contributed by atoms with van der Waals surface area (Å²) in [7, 11) is 0. The lowest BCUT2D eigenvalue weighted by molar-refractivity contribution is -0.384. The summed E-state index contributed by atoms with van der Waals surface area (Å²) in [5, 5.41) is 15.4. The molecule has 3 aromatic rings. The highest BCUT2D eigenvalue weighted by molar-refractivity contribution is 5.94. The van der Waals surface area contributed by atoms with Gasteiger partial charge >= 0.3 is 0 Å². The summed E-state index contributed by atoms with van der Waals surface area (Å²) in [5.41, 5.74) is 2.11. The second kappa shape index (κ2) is 7.83. The summed E-state index contributed by atoms with van der Waals surface area (Å²) in [6, 6.07) is 13.5. The lowest BCUT2D eigenvalue weighted by Gasteiger charge is -2.26. The molecule has 0 saturated carbocycles. The van der Waals surface area contributed by atoms with Crippen LogP contribution in [0.4, 0.5) is 10.1 Å². The van der Waals surface area contributed by atoms with Crippen LogP contribution in [-0.2, 0) is 0 Å². The van der Waals surface area contributed by atoms with Crippen molar-refractivity contribution in [3.8, 4) is 16.9 Å². The number of nitro benzene ring substituents is 1. The molecule has 148 valence electrons. The standard InChI is InChI=1S/C21H19FN4O3/c22-16-6-10-17(11-7-16)25-20(21(27)24-12-2-1-3-13-24)14-19(23-25)15-4-8-18(9-5-15)26(28)29/h4-11,14H,1-3,12-13H2. The fraction of sp³-hybridized carbons (Fsp3) is 0.238. The first-order valence-electron chi connectivity index (χ1n) is 9.43. The smallest absolute Gasteiger partial charge is 0.272 e. The van der Waals surface area contributed by atoms with Gasteiger partial charge in [-0.25, -0.2) is 9.07 Å². The van der Waals surface area contributed by atoms with E-state index in [-0.39, 0.29) is 17.4 Å². The molecule has 1 aromatic heterocycles.